The molecule has 9 heteroatoms. The summed E-state index contributed by atoms with van der Waals surface area (Å²) in [5.41, 5.74) is 2.22. The third kappa shape index (κ3) is 3.74. The second-order valence-corrected chi connectivity index (χ2v) is 8.16. The van der Waals surface area contributed by atoms with Crippen LogP contribution < -0.4 is 15.9 Å². The number of non-ortho nitro benzene ring substituents is 1. The highest BCUT2D eigenvalue weighted by atomic mass is 32.2. The van der Waals surface area contributed by atoms with Gasteiger partial charge in [-0.25, -0.2) is 5.01 Å². The number of nitro groups is 1. The molecule has 1 N–H and O–H groups in total. The zero-order chi connectivity index (χ0) is 22.1. The standard InChI is InChI=1S/C23H17N5O3S/c29-22-20-18-8-4-5-9-19(18)24-21(16-10-12-17(13-11-16)28(30)31)27(20)26-23(25-22)32-14-15-6-2-1-3-7-15/h1-13,21H,14H2,(H,25,26,29). The lowest BCUT2D eigenvalue weighted by Gasteiger charge is -2.34. The van der Waals surface area contributed by atoms with E-state index in [4.69, 9.17) is 10.1 Å². The Labute approximate surface area is 187 Å². The maximum absolute atomic E-state index is 13.1. The highest BCUT2D eigenvalue weighted by Crippen LogP contribution is 2.31. The molecule has 1 unspecified atom stereocenters. The first-order chi connectivity index (χ1) is 15.6. The summed E-state index contributed by atoms with van der Waals surface area (Å²) in [7, 11) is 0. The quantitative estimate of drug-likeness (QED) is 0.494. The summed E-state index contributed by atoms with van der Waals surface area (Å²) in [6.45, 7) is 0. The number of amidine groups is 1. The second-order valence-electron chi connectivity index (χ2n) is 7.20. The normalized spacial score (nSPS) is 16.9. The van der Waals surface area contributed by atoms with E-state index in [-0.39, 0.29) is 11.6 Å². The number of nitrogens with one attached hydrogen (secondary N) is 1. The van der Waals surface area contributed by atoms with Crippen LogP contribution in [0.25, 0.3) is 5.70 Å². The summed E-state index contributed by atoms with van der Waals surface area (Å²) >= 11 is 1.43. The minimum Gasteiger partial charge on any atom is -0.298 e. The van der Waals surface area contributed by atoms with Gasteiger partial charge in [-0.05, 0) is 29.3 Å². The van der Waals surface area contributed by atoms with Gasteiger partial charge in [0.1, 0.15) is 5.70 Å². The van der Waals surface area contributed by atoms with E-state index in [2.05, 4.69) is 5.32 Å². The summed E-state index contributed by atoms with van der Waals surface area (Å²) in [4.78, 5) is 28.5. The van der Waals surface area contributed by atoms with Crippen molar-refractivity contribution in [1.29, 1.82) is 0 Å². The number of carbonyl (C=O) groups excluding carboxylic acids is 1. The molecular formula is C23H17N5O3S. The molecule has 2 aliphatic heterocycles. The molecule has 8 nitrogen and oxygen atoms in total. The van der Waals surface area contributed by atoms with Crippen molar-refractivity contribution in [3.63, 3.8) is 0 Å². The molecule has 3 aromatic rings. The zero-order valence-electron chi connectivity index (χ0n) is 16.7. The van der Waals surface area contributed by atoms with Crippen molar-refractivity contribution in [2.45, 2.75) is 11.9 Å². The largest absolute Gasteiger partial charge is 0.298 e. The lowest BCUT2D eigenvalue weighted by molar-refractivity contribution is -0.384. The molecule has 3 aromatic carbocycles. The van der Waals surface area contributed by atoms with Crippen molar-refractivity contribution in [3.8, 4) is 0 Å². The number of hydrogen-bond donors (Lipinski definition) is 1. The average Bonchev–Trinajstić information content (AvgIpc) is 2.82. The monoisotopic (exact) mass is 443 g/mol. The smallest absolute Gasteiger partial charge is 0.276 e. The molecule has 1 amide bonds. The first kappa shape index (κ1) is 20.0. The number of rotatable bonds is 4. The van der Waals surface area contributed by atoms with Crippen LogP contribution >= 0.6 is 11.8 Å². The maximum Gasteiger partial charge on any atom is 0.276 e. The molecule has 1 atom stereocenters. The van der Waals surface area contributed by atoms with Crippen molar-refractivity contribution in [2.75, 3.05) is 0 Å². The Kier molecular flexibility index (Phi) is 5.16. The van der Waals surface area contributed by atoms with Gasteiger partial charge in [0.05, 0.1) is 10.3 Å². The Morgan fingerprint density at radius 1 is 1.00 bits per heavy atom. The summed E-state index contributed by atoms with van der Waals surface area (Å²) in [5, 5.41) is 22.1. The van der Waals surface area contributed by atoms with Crippen LogP contribution in [-0.4, -0.2) is 21.0 Å². The predicted molar refractivity (Wildman–Crippen MR) is 122 cm³/mol. The number of amides is 1. The van der Waals surface area contributed by atoms with Gasteiger partial charge in [0, 0.05) is 23.1 Å². The molecule has 0 saturated carbocycles. The number of nitrogens with zero attached hydrogens (tertiary/aromatic N) is 4. The molecule has 5 rings (SSSR count). The van der Waals surface area contributed by atoms with E-state index in [0.717, 1.165) is 5.56 Å². The Balaban J connectivity index is 1.56. The number of carbonyl (C=O) groups is 1. The molecule has 0 aromatic heterocycles. The number of fused-ring (bicyclic) bond motifs is 2. The first-order valence-electron chi connectivity index (χ1n) is 9.87. The number of benzene rings is 3. The molecule has 2 heterocycles. The highest BCUT2D eigenvalue weighted by molar-refractivity contribution is 8.13. The third-order valence-electron chi connectivity index (χ3n) is 5.14. The van der Waals surface area contributed by atoms with Crippen LogP contribution in [0.4, 0.5) is 5.69 Å². The topological polar surface area (TPSA) is 100 Å². The van der Waals surface area contributed by atoms with Gasteiger partial charge >= 0.3 is 0 Å². The molecule has 2 aliphatic rings. The van der Waals surface area contributed by atoms with Crippen LogP contribution in [0.3, 0.4) is 0 Å². The molecular weight excluding hydrogens is 426 g/mol. The van der Waals surface area contributed by atoms with Gasteiger partial charge in [-0.15, -0.1) is 5.10 Å². The molecule has 0 bridgehead atoms. The van der Waals surface area contributed by atoms with Crippen molar-refractivity contribution >= 4 is 34.2 Å². The fourth-order valence-corrected chi connectivity index (χ4v) is 4.41. The molecule has 0 fully saturated rings. The predicted octanol–water partition coefficient (Wildman–Crippen LogP) is 2.67. The summed E-state index contributed by atoms with van der Waals surface area (Å²) in [6.07, 6.45) is -0.612. The van der Waals surface area contributed by atoms with Gasteiger partial charge < -0.3 is 0 Å². The Bertz CT molecular complexity index is 1360. The lowest BCUT2D eigenvalue weighted by atomic mass is 10.1. The van der Waals surface area contributed by atoms with E-state index < -0.39 is 11.1 Å². The Morgan fingerprint density at radius 2 is 1.72 bits per heavy atom. The first-order valence-corrected chi connectivity index (χ1v) is 10.9. The van der Waals surface area contributed by atoms with E-state index in [1.54, 1.807) is 17.1 Å². The van der Waals surface area contributed by atoms with E-state index >= 15 is 0 Å². The molecule has 32 heavy (non-hydrogen) atoms. The van der Waals surface area contributed by atoms with Crippen LogP contribution in [-0.2, 0) is 10.5 Å². The SMILES string of the molecule is O=C1NC(SCc2ccccc2)=NN2C1=c1ccccc1=NC2c1ccc([N+](=O)[O-])cc1. The van der Waals surface area contributed by atoms with Gasteiger partial charge in [-0.3, -0.25) is 25.2 Å². The van der Waals surface area contributed by atoms with Crippen LogP contribution in [0.2, 0.25) is 0 Å². The van der Waals surface area contributed by atoms with E-state index in [0.29, 0.717) is 32.8 Å². The van der Waals surface area contributed by atoms with E-state index in [1.807, 2.05) is 54.6 Å². The number of hydrogen-bond acceptors (Lipinski definition) is 7. The zero-order valence-corrected chi connectivity index (χ0v) is 17.5. The number of nitro benzene ring substituents is 1. The molecule has 158 valence electrons. The van der Waals surface area contributed by atoms with Crippen molar-refractivity contribution in [1.82, 2.24) is 10.3 Å². The Hall–Kier alpha value is -3.98. The van der Waals surface area contributed by atoms with Gasteiger partial charge in [-0.2, -0.15) is 0 Å². The molecule has 0 spiro atoms. The van der Waals surface area contributed by atoms with Crippen LogP contribution in [0.15, 0.2) is 89.0 Å². The van der Waals surface area contributed by atoms with Gasteiger partial charge in [-0.1, -0.05) is 60.3 Å². The minimum atomic E-state index is -0.612. The van der Waals surface area contributed by atoms with Gasteiger partial charge in [0.25, 0.3) is 11.6 Å². The molecule has 0 radical (unpaired) electrons. The highest BCUT2D eigenvalue weighted by Gasteiger charge is 2.34. The van der Waals surface area contributed by atoms with E-state index in [9.17, 15) is 14.9 Å². The summed E-state index contributed by atoms with van der Waals surface area (Å²) in [5.74, 6) is 0.392. The third-order valence-corrected chi connectivity index (χ3v) is 6.07. The molecule has 0 saturated heterocycles. The van der Waals surface area contributed by atoms with Gasteiger partial charge in [0.2, 0.25) is 0 Å². The average molecular weight is 443 g/mol. The maximum atomic E-state index is 13.1. The number of hydrazone groups is 1. The van der Waals surface area contributed by atoms with Crippen LogP contribution in [0.1, 0.15) is 17.3 Å². The second kappa shape index (κ2) is 8.27. The molecule has 0 aliphatic carbocycles. The van der Waals surface area contributed by atoms with E-state index in [1.165, 1.54) is 23.9 Å². The summed E-state index contributed by atoms with van der Waals surface area (Å²) < 4.78 is 0. The summed E-state index contributed by atoms with van der Waals surface area (Å²) in [6, 6.07) is 23.5. The van der Waals surface area contributed by atoms with Crippen LogP contribution in [0.5, 0.6) is 0 Å². The number of thioether (sulfide) groups is 1. The van der Waals surface area contributed by atoms with Gasteiger partial charge in [0.15, 0.2) is 11.3 Å². The fourth-order valence-electron chi connectivity index (χ4n) is 3.60. The van der Waals surface area contributed by atoms with Crippen LogP contribution in [0, 0.1) is 10.1 Å². The van der Waals surface area contributed by atoms with Crippen molar-refractivity contribution < 1.29 is 9.72 Å². The Morgan fingerprint density at radius 3 is 2.47 bits per heavy atom. The minimum absolute atomic E-state index is 0.00634. The fraction of sp³-hybridized carbons (Fsp3) is 0.0870. The van der Waals surface area contributed by atoms with Crippen molar-refractivity contribution in [3.05, 3.63) is 111 Å². The lowest BCUT2D eigenvalue weighted by Crippen LogP contribution is -2.50. The van der Waals surface area contributed by atoms with Crippen molar-refractivity contribution in [2.24, 2.45) is 10.1 Å². The number of para-hydroxylation sites is 1.